The minimum atomic E-state index is -0.440. The normalized spacial score (nSPS) is 10.5. The summed E-state index contributed by atoms with van der Waals surface area (Å²) in [5.74, 6) is 0.866. The van der Waals surface area contributed by atoms with Crippen LogP contribution in [-0.2, 0) is 9.53 Å². The summed E-state index contributed by atoms with van der Waals surface area (Å²) in [6.07, 6.45) is 0.817. The van der Waals surface area contributed by atoms with Crippen LogP contribution < -0.4 is 14.8 Å². The molecule has 3 aromatic rings. The fraction of sp³-hybridized carbons (Fsp3) is 0.308. The van der Waals surface area contributed by atoms with Gasteiger partial charge in [0.1, 0.15) is 22.1 Å². The Morgan fingerprint density at radius 2 is 1.73 bits per heavy atom. The molecule has 6 nitrogen and oxygen atoms in total. The second kappa shape index (κ2) is 11.5. The first-order valence-corrected chi connectivity index (χ1v) is 11.7. The fourth-order valence-corrected chi connectivity index (χ4v) is 4.23. The molecule has 33 heavy (non-hydrogen) atoms. The van der Waals surface area contributed by atoms with E-state index >= 15 is 0 Å². The number of thiophene rings is 1. The van der Waals surface area contributed by atoms with Crippen molar-refractivity contribution in [3.63, 3.8) is 0 Å². The maximum atomic E-state index is 12.7. The van der Waals surface area contributed by atoms with Crippen molar-refractivity contribution in [1.29, 1.82) is 0 Å². The van der Waals surface area contributed by atoms with E-state index in [1.54, 1.807) is 14.0 Å². The monoisotopic (exact) mass is 467 g/mol. The van der Waals surface area contributed by atoms with Gasteiger partial charge in [-0.1, -0.05) is 18.2 Å². The zero-order valence-corrected chi connectivity index (χ0v) is 20.2. The molecule has 0 unspecified atom stereocenters. The molecule has 0 aliphatic rings. The Morgan fingerprint density at radius 3 is 2.39 bits per heavy atom. The second-order valence-corrected chi connectivity index (χ2v) is 8.43. The van der Waals surface area contributed by atoms with Crippen molar-refractivity contribution < 1.29 is 23.8 Å². The highest BCUT2D eigenvalue weighted by atomic mass is 32.1. The third-order valence-corrected chi connectivity index (χ3v) is 6.11. The quantitative estimate of drug-likeness (QED) is 0.292. The van der Waals surface area contributed by atoms with Crippen molar-refractivity contribution >= 4 is 28.2 Å². The summed E-state index contributed by atoms with van der Waals surface area (Å²) in [5.41, 5.74) is 4.39. The standard InChI is InChI=1S/C26H29NO5S/c1-5-31-26(29)24-22(19-9-8-17(2)18(3)15-19)16-33-25(24)27-23(28)7-6-14-32-21-12-10-20(30-4)11-13-21/h8-13,15-16H,5-7,14H2,1-4H3,(H,27,28). The van der Waals surface area contributed by atoms with Crippen LogP contribution in [0.4, 0.5) is 5.00 Å². The van der Waals surface area contributed by atoms with Gasteiger partial charge in [-0.25, -0.2) is 4.79 Å². The second-order valence-electron chi connectivity index (χ2n) is 7.55. The van der Waals surface area contributed by atoms with Crippen molar-refractivity contribution in [3.05, 3.63) is 64.5 Å². The van der Waals surface area contributed by atoms with Gasteiger partial charge in [0.2, 0.25) is 5.91 Å². The molecule has 1 amide bonds. The van der Waals surface area contributed by atoms with Gasteiger partial charge in [0.05, 0.1) is 20.3 Å². The van der Waals surface area contributed by atoms with E-state index in [-0.39, 0.29) is 18.9 Å². The van der Waals surface area contributed by atoms with Crippen molar-refractivity contribution in [1.82, 2.24) is 0 Å². The summed E-state index contributed by atoms with van der Waals surface area (Å²) in [4.78, 5) is 25.3. The number of ether oxygens (including phenoxy) is 3. The molecule has 2 aromatic carbocycles. The molecule has 0 fully saturated rings. The molecule has 0 radical (unpaired) electrons. The number of nitrogens with one attached hydrogen (secondary N) is 1. The van der Waals surface area contributed by atoms with Gasteiger partial charge in [0, 0.05) is 17.4 Å². The van der Waals surface area contributed by atoms with Gasteiger partial charge in [-0.05, 0) is 68.1 Å². The molecule has 0 aliphatic carbocycles. The lowest BCUT2D eigenvalue weighted by molar-refractivity contribution is -0.116. The number of benzene rings is 2. The maximum absolute atomic E-state index is 12.7. The van der Waals surface area contributed by atoms with E-state index in [0.29, 0.717) is 23.6 Å². The van der Waals surface area contributed by atoms with E-state index in [9.17, 15) is 9.59 Å². The first-order valence-electron chi connectivity index (χ1n) is 10.9. The number of methoxy groups -OCH3 is 1. The minimum Gasteiger partial charge on any atom is -0.497 e. The van der Waals surface area contributed by atoms with Crippen molar-refractivity contribution in [2.24, 2.45) is 0 Å². The predicted molar refractivity (Wildman–Crippen MR) is 132 cm³/mol. The van der Waals surface area contributed by atoms with Crippen LogP contribution in [-0.4, -0.2) is 32.2 Å². The molecule has 0 aliphatic heterocycles. The predicted octanol–water partition coefficient (Wildman–Crippen LogP) is 6.01. The Morgan fingerprint density at radius 1 is 1.00 bits per heavy atom. The maximum Gasteiger partial charge on any atom is 0.341 e. The Balaban J connectivity index is 1.65. The van der Waals surface area contributed by atoms with E-state index in [1.807, 2.05) is 61.7 Å². The molecule has 0 saturated carbocycles. The number of aryl methyl sites for hydroxylation is 2. The van der Waals surface area contributed by atoms with Gasteiger partial charge in [-0.2, -0.15) is 0 Å². The van der Waals surface area contributed by atoms with Gasteiger partial charge < -0.3 is 19.5 Å². The molecule has 0 atom stereocenters. The average Bonchev–Trinajstić information content (AvgIpc) is 3.22. The number of carbonyl (C=O) groups excluding carboxylic acids is 2. The van der Waals surface area contributed by atoms with Crippen molar-refractivity contribution in [3.8, 4) is 22.6 Å². The van der Waals surface area contributed by atoms with Gasteiger partial charge in [-0.3, -0.25) is 4.79 Å². The van der Waals surface area contributed by atoms with Crippen LogP contribution in [0.1, 0.15) is 41.3 Å². The molecule has 0 bridgehead atoms. The lowest BCUT2D eigenvalue weighted by atomic mass is 9.99. The topological polar surface area (TPSA) is 73.9 Å². The number of hydrogen-bond acceptors (Lipinski definition) is 6. The Bertz CT molecular complexity index is 1100. The zero-order valence-electron chi connectivity index (χ0n) is 19.4. The molecule has 1 N–H and O–H groups in total. The number of rotatable bonds is 10. The summed E-state index contributed by atoms with van der Waals surface area (Å²) in [5, 5.41) is 5.28. The number of carbonyl (C=O) groups is 2. The number of hydrogen-bond donors (Lipinski definition) is 1. The molecule has 0 spiro atoms. The molecular weight excluding hydrogens is 438 g/mol. The molecule has 174 valence electrons. The van der Waals surface area contributed by atoms with Crippen LogP contribution in [0, 0.1) is 13.8 Å². The van der Waals surface area contributed by atoms with E-state index in [0.717, 1.165) is 28.2 Å². The highest BCUT2D eigenvalue weighted by Crippen LogP contribution is 2.37. The van der Waals surface area contributed by atoms with Crippen LogP contribution in [0.15, 0.2) is 47.8 Å². The van der Waals surface area contributed by atoms with Crippen LogP contribution in [0.3, 0.4) is 0 Å². The molecule has 0 saturated heterocycles. The molecule has 1 aromatic heterocycles. The highest BCUT2D eigenvalue weighted by molar-refractivity contribution is 7.15. The Labute approximate surface area is 198 Å². The van der Waals surface area contributed by atoms with E-state index in [2.05, 4.69) is 5.32 Å². The van der Waals surface area contributed by atoms with Gasteiger partial charge >= 0.3 is 5.97 Å². The first kappa shape index (κ1) is 24.3. The van der Waals surface area contributed by atoms with E-state index in [1.165, 1.54) is 16.9 Å². The van der Waals surface area contributed by atoms with Gasteiger partial charge in [-0.15, -0.1) is 11.3 Å². The van der Waals surface area contributed by atoms with E-state index in [4.69, 9.17) is 14.2 Å². The highest BCUT2D eigenvalue weighted by Gasteiger charge is 2.23. The smallest absolute Gasteiger partial charge is 0.341 e. The van der Waals surface area contributed by atoms with Crippen LogP contribution in [0.25, 0.3) is 11.1 Å². The summed E-state index contributed by atoms with van der Waals surface area (Å²) in [7, 11) is 1.61. The van der Waals surface area contributed by atoms with Crippen LogP contribution in [0.2, 0.25) is 0 Å². The third-order valence-electron chi connectivity index (χ3n) is 5.22. The van der Waals surface area contributed by atoms with Crippen LogP contribution >= 0.6 is 11.3 Å². The molecule has 1 heterocycles. The SMILES string of the molecule is CCOC(=O)c1c(-c2ccc(C)c(C)c2)csc1NC(=O)CCCOc1ccc(OC)cc1. The Hall–Kier alpha value is -3.32. The summed E-state index contributed by atoms with van der Waals surface area (Å²) in [6, 6.07) is 13.3. The van der Waals surface area contributed by atoms with E-state index < -0.39 is 5.97 Å². The minimum absolute atomic E-state index is 0.174. The average molecular weight is 468 g/mol. The molecule has 3 rings (SSSR count). The Kier molecular flexibility index (Phi) is 8.49. The number of esters is 1. The molecule has 7 heteroatoms. The number of amides is 1. The summed E-state index contributed by atoms with van der Waals surface area (Å²) < 4.78 is 16.1. The van der Waals surface area contributed by atoms with Crippen molar-refractivity contribution in [2.45, 2.75) is 33.6 Å². The summed E-state index contributed by atoms with van der Waals surface area (Å²) in [6.45, 7) is 6.51. The largest absolute Gasteiger partial charge is 0.497 e. The van der Waals surface area contributed by atoms with Gasteiger partial charge in [0.25, 0.3) is 0 Å². The zero-order chi connectivity index (χ0) is 23.8. The van der Waals surface area contributed by atoms with Crippen LogP contribution in [0.5, 0.6) is 11.5 Å². The first-order chi connectivity index (χ1) is 15.9. The van der Waals surface area contributed by atoms with Crippen molar-refractivity contribution in [2.75, 3.05) is 25.6 Å². The lowest BCUT2D eigenvalue weighted by Gasteiger charge is -2.10. The van der Waals surface area contributed by atoms with Gasteiger partial charge in [0.15, 0.2) is 0 Å². The number of anilines is 1. The molecular formula is C26H29NO5S. The summed E-state index contributed by atoms with van der Waals surface area (Å²) >= 11 is 1.33. The fourth-order valence-electron chi connectivity index (χ4n) is 3.26. The third kappa shape index (κ3) is 6.35. The lowest BCUT2D eigenvalue weighted by Crippen LogP contribution is -2.15.